The molecular formula is C19H18N4O3. The van der Waals surface area contributed by atoms with Gasteiger partial charge in [0.2, 0.25) is 0 Å². The summed E-state index contributed by atoms with van der Waals surface area (Å²) in [6.07, 6.45) is 3.62. The van der Waals surface area contributed by atoms with Gasteiger partial charge in [-0.15, -0.1) is 0 Å². The lowest BCUT2D eigenvalue weighted by Crippen LogP contribution is -2.32. The van der Waals surface area contributed by atoms with Gasteiger partial charge in [-0.3, -0.25) is 4.79 Å². The largest absolute Gasteiger partial charge is 0.478 e. The van der Waals surface area contributed by atoms with Gasteiger partial charge in [0.05, 0.1) is 11.1 Å². The number of rotatable bonds is 5. The molecule has 1 fully saturated rings. The fraction of sp³-hybridized carbons (Fsp3) is 0.263. The maximum absolute atomic E-state index is 12.5. The smallest absolute Gasteiger partial charge is 0.335 e. The molecule has 2 heterocycles. The number of amides is 1. The molecule has 2 aromatic heterocycles. The number of nitrogens with one attached hydrogen (secondary N) is 1. The van der Waals surface area contributed by atoms with Crippen LogP contribution in [-0.2, 0) is 5.41 Å². The van der Waals surface area contributed by atoms with E-state index in [0.717, 1.165) is 18.4 Å². The van der Waals surface area contributed by atoms with Crippen LogP contribution in [0.4, 0.5) is 0 Å². The zero-order valence-corrected chi connectivity index (χ0v) is 14.3. The van der Waals surface area contributed by atoms with Gasteiger partial charge in [-0.25, -0.2) is 14.3 Å². The monoisotopic (exact) mass is 350 g/mol. The van der Waals surface area contributed by atoms with E-state index < -0.39 is 5.97 Å². The normalized spacial score (nSPS) is 15.0. The summed E-state index contributed by atoms with van der Waals surface area (Å²) in [6, 6.07) is 10.4. The first-order valence-electron chi connectivity index (χ1n) is 8.42. The third kappa shape index (κ3) is 2.92. The summed E-state index contributed by atoms with van der Waals surface area (Å²) in [4.78, 5) is 27.7. The standard InChI is InChI=1S/C19H18N4O3/c1-12-21-16-7-4-14(10-23(16)22-12)17(24)20-11-19(8-9-19)15-5-2-13(3-6-15)18(25)26/h2-7,10H,8-9,11H2,1H3,(H,20,24)(H,25,26). The zero-order valence-electron chi connectivity index (χ0n) is 14.3. The van der Waals surface area contributed by atoms with Crippen LogP contribution in [0.5, 0.6) is 0 Å². The van der Waals surface area contributed by atoms with Gasteiger partial charge >= 0.3 is 5.97 Å². The van der Waals surface area contributed by atoms with E-state index in [4.69, 9.17) is 5.11 Å². The molecule has 3 aromatic rings. The lowest BCUT2D eigenvalue weighted by atomic mass is 9.95. The summed E-state index contributed by atoms with van der Waals surface area (Å²) in [5.41, 5.74) is 2.46. The second-order valence-electron chi connectivity index (χ2n) is 6.73. The fourth-order valence-electron chi connectivity index (χ4n) is 3.16. The van der Waals surface area contributed by atoms with Crippen molar-refractivity contribution >= 4 is 17.5 Å². The molecule has 0 radical (unpaired) electrons. The lowest BCUT2D eigenvalue weighted by molar-refractivity contribution is 0.0696. The summed E-state index contributed by atoms with van der Waals surface area (Å²) in [6.45, 7) is 2.33. The molecule has 0 saturated heterocycles. The van der Waals surface area contributed by atoms with Crippen molar-refractivity contribution in [3.05, 3.63) is 65.1 Å². The van der Waals surface area contributed by atoms with Gasteiger partial charge in [-0.2, -0.15) is 5.10 Å². The van der Waals surface area contributed by atoms with Gasteiger partial charge in [0, 0.05) is 18.2 Å². The van der Waals surface area contributed by atoms with Crippen LogP contribution in [0.25, 0.3) is 5.65 Å². The van der Waals surface area contributed by atoms with Crippen LogP contribution in [0, 0.1) is 6.92 Å². The number of carboxylic acids is 1. The zero-order chi connectivity index (χ0) is 18.3. The first-order chi connectivity index (χ1) is 12.5. The van der Waals surface area contributed by atoms with Crippen molar-refractivity contribution in [2.75, 3.05) is 6.54 Å². The highest BCUT2D eigenvalue weighted by atomic mass is 16.4. The lowest BCUT2D eigenvalue weighted by Gasteiger charge is -2.17. The number of aromatic carboxylic acids is 1. The number of carbonyl (C=O) groups excluding carboxylic acids is 1. The molecule has 0 aliphatic heterocycles. The van der Waals surface area contributed by atoms with Crippen molar-refractivity contribution in [1.29, 1.82) is 0 Å². The molecule has 7 heteroatoms. The highest BCUT2D eigenvalue weighted by Crippen LogP contribution is 2.47. The minimum Gasteiger partial charge on any atom is -0.478 e. The van der Waals surface area contributed by atoms with Crippen LogP contribution in [0.15, 0.2) is 42.6 Å². The van der Waals surface area contributed by atoms with E-state index in [2.05, 4.69) is 15.4 Å². The molecule has 1 amide bonds. The molecule has 7 nitrogen and oxygen atoms in total. The summed E-state index contributed by atoms with van der Waals surface area (Å²) in [7, 11) is 0. The third-order valence-electron chi connectivity index (χ3n) is 4.88. The highest BCUT2D eigenvalue weighted by Gasteiger charge is 2.44. The molecule has 132 valence electrons. The second-order valence-corrected chi connectivity index (χ2v) is 6.73. The van der Waals surface area contributed by atoms with E-state index >= 15 is 0 Å². The van der Waals surface area contributed by atoms with Crippen LogP contribution >= 0.6 is 0 Å². The average molecular weight is 350 g/mol. The van der Waals surface area contributed by atoms with Gasteiger partial charge < -0.3 is 10.4 Å². The van der Waals surface area contributed by atoms with Crippen molar-refractivity contribution < 1.29 is 14.7 Å². The molecule has 4 rings (SSSR count). The minimum absolute atomic E-state index is 0.0966. The Morgan fingerprint density at radius 2 is 1.85 bits per heavy atom. The minimum atomic E-state index is -0.937. The number of carboxylic acid groups (broad SMARTS) is 1. The van der Waals surface area contributed by atoms with E-state index in [0.29, 0.717) is 23.6 Å². The molecule has 1 aromatic carbocycles. The van der Waals surface area contributed by atoms with Crippen molar-refractivity contribution in [3.63, 3.8) is 0 Å². The number of hydrogen-bond acceptors (Lipinski definition) is 4. The first-order valence-corrected chi connectivity index (χ1v) is 8.42. The summed E-state index contributed by atoms with van der Waals surface area (Å²) < 4.78 is 1.60. The van der Waals surface area contributed by atoms with E-state index in [1.54, 1.807) is 41.9 Å². The number of nitrogens with zero attached hydrogens (tertiary/aromatic N) is 3. The molecule has 26 heavy (non-hydrogen) atoms. The molecule has 0 spiro atoms. The Morgan fingerprint density at radius 3 is 2.50 bits per heavy atom. The maximum Gasteiger partial charge on any atom is 0.335 e. The van der Waals surface area contributed by atoms with Gasteiger partial charge in [-0.05, 0) is 49.6 Å². The Kier molecular flexibility index (Phi) is 3.72. The first kappa shape index (κ1) is 16.3. The van der Waals surface area contributed by atoms with Crippen molar-refractivity contribution in [2.45, 2.75) is 25.2 Å². The van der Waals surface area contributed by atoms with Crippen LogP contribution in [0.1, 0.15) is 44.9 Å². The average Bonchev–Trinajstić information content (AvgIpc) is 3.33. The Balaban J connectivity index is 1.46. The van der Waals surface area contributed by atoms with Crippen molar-refractivity contribution in [2.24, 2.45) is 0 Å². The van der Waals surface area contributed by atoms with Crippen molar-refractivity contribution in [3.8, 4) is 0 Å². The SMILES string of the molecule is Cc1nc2ccc(C(=O)NCC3(c4ccc(C(=O)O)cc4)CC3)cn2n1. The topological polar surface area (TPSA) is 96.6 Å². The summed E-state index contributed by atoms with van der Waals surface area (Å²) in [5.74, 6) is -0.439. The van der Waals surface area contributed by atoms with Crippen molar-refractivity contribution in [1.82, 2.24) is 19.9 Å². The van der Waals surface area contributed by atoms with E-state index in [-0.39, 0.29) is 16.9 Å². The second kappa shape index (κ2) is 5.94. The van der Waals surface area contributed by atoms with Gasteiger partial charge in [-0.1, -0.05) is 12.1 Å². The quantitative estimate of drug-likeness (QED) is 0.735. The highest BCUT2D eigenvalue weighted by molar-refractivity contribution is 5.94. The van der Waals surface area contributed by atoms with E-state index in [1.807, 2.05) is 12.1 Å². The number of aryl methyl sites for hydroxylation is 1. The molecule has 0 atom stereocenters. The van der Waals surface area contributed by atoms with Crippen LogP contribution in [0.3, 0.4) is 0 Å². The van der Waals surface area contributed by atoms with Gasteiger partial charge in [0.15, 0.2) is 5.65 Å². The number of hydrogen-bond donors (Lipinski definition) is 2. The van der Waals surface area contributed by atoms with Gasteiger partial charge in [0.1, 0.15) is 5.82 Å². The predicted octanol–water partition coefficient (Wildman–Crippen LogP) is 2.20. The number of aromatic nitrogens is 3. The molecule has 0 bridgehead atoms. The molecule has 1 saturated carbocycles. The Hall–Kier alpha value is -3.22. The van der Waals surface area contributed by atoms with Crippen LogP contribution < -0.4 is 5.32 Å². The molecule has 1 aliphatic rings. The predicted molar refractivity (Wildman–Crippen MR) is 94.4 cm³/mol. The molecule has 0 unspecified atom stereocenters. The number of fused-ring (bicyclic) bond motifs is 1. The third-order valence-corrected chi connectivity index (χ3v) is 4.88. The fourth-order valence-corrected chi connectivity index (χ4v) is 3.16. The van der Waals surface area contributed by atoms with E-state index in [1.165, 1.54) is 0 Å². The Morgan fingerprint density at radius 1 is 1.15 bits per heavy atom. The number of pyridine rings is 1. The molecule has 2 N–H and O–H groups in total. The number of benzene rings is 1. The van der Waals surface area contributed by atoms with Crippen LogP contribution in [0.2, 0.25) is 0 Å². The Labute approximate surface area is 149 Å². The summed E-state index contributed by atoms with van der Waals surface area (Å²) >= 11 is 0. The molecule has 1 aliphatic carbocycles. The van der Waals surface area contributed by atoms with E-state index in [9.17, 15) is 9.59 Å². The number of carbonyl (C=O) groups is 2. The van der Waals surface area contributed by atoms with Crippen LogP contribution in [-0.4, -0.2) is 38.1 Å². The Bertz CT molecular complexity index is 1000. The maximum atomic E-state index is 12.5. The molecular weight excluding hydrogens is 332 g/mol. The van der Waals surface area contributed by atoms with Gasteiger partial charge in [0.25, 0.3) is 5.91 Å². The summed E-state index contributed by atoms with van der Waals surface area (Å²) in [5, 5.41) is 16.2.